The molecule has 3 nitrogen and oxygen atoms in total. The minimum atomic E-state index is 0.390. The van der Waals surface area contributed by atoms with Crippen molar-refractivity contribution in [1.29, 1.82) is 0 Å². The predicted molar refractivity (Wildman–Crippen MR) is 121 cm³/mol. The summed E-state index contributed by atoms with van der Waals surface area (Å²) in [5, 5.41) is 4.53. The number of benzene rings is 2. The molecule has 1 aliphatic rings. The number of rotatable bonds is 6. The van der Waals surface area contributed by atoms with Crippen molar-refractivity contribution in [2.24, 2.45) is 0 Å². The van der Waals surface area contributed by atoms with Crippen LogP contribution in [0.4, 0.5) is 0 Å². The Morgan fingerprint density at radius 1 is 1.14 bits per heavy atom. The van der Waals surface area contributed by atoms with Crippen molar-refractivity contribution in [2.45, 2.75) is 51.7 Å². The average molecular weight is 406 g/mol. The molecule has 0 fully saturated rings. The zero-order chi connectivity index (χ0) is 20.1. The fraction of sp³-hybridized carbons (Fsp3) is 0.320. The van der Waals surface area contributed by atoms with Crippen LogP contribution in [0.25, 0.3) is 5.57 Å². The van der Waals surface area contributed by atoms with Gasteiger partial charge in [0.25, 0.3) is 0 Å². The molecule has 1 aromatic heterocycles. The normalized spacial score (nSPS) is 17.0. The molecule has 0 radical (unpaired) electrons. The van der Waals surface area contributed by atoms with E-state index in [9.17, 15) is 0 Å². The molecule has 0 saturated carbocycles. The molecule has 4 heteroatoms. The summed E-state index contributed by atoms with van der Waals surface area (Å²) in [6.45, 7) is 3.80. The van der Waals surface area contributed by atoms with Crippen LogP contribution < -0.4 is 5.32 Å². The lowest BCUT2D eigenvalue weighted by Gasteiger charge is -2.16. The molecule has 1 heterocycles. The van der Waals surface area contributed by atoms with Gasteiger partial charge in [0, 0.05) is 30.4 Å². The summed E-state index contributed by atoms with van der Waals surface area (Å²) < 4.78 is 2.20. The molecule has 0 amide bonds. The first-order valence-corrected chi connectivity index (χ1v) is 10.8. The van der Waals surface area contributed by atoms with Gasteiger partial charge in [-0.2, -0.15) is 0 Å². The molecule has 29 heavy (non-hydrogen) atoms. The van der Waals surface area contributed by atoms with E-state index in [4.69, 9.17) is 11.6 Å². The van der Waals surface area contributed by atoms with Crippen LogP contribution in [0.3, 0.4) is 0 Å². The summed E-state index contributed by atoms with van der Waals surface area (Å²) in [7, 11) is 0. The van der Waals surface area contributed by atoms with E-state index in [1.807, 2.05) is 30.7 Å². The van der Waals surface area contributed by atoms with Crippen molar-refractivity contribution >= 4 is 17.2 Å². The third-order valence-electron chi connectivity index (χ3n) is 5.69. The molecule has 2 aromatic carbocycles. The van der Waals surface area contributed by atoms with Crippen LogP contribution in [0.5, 0.6) is 0 Å². The molecule has 1 atom stereocenters. The van der Waals surface area contributed by atoms with Gasteiger partial charge < -0.3 is 9.88 Å². The number of aryl methyl sites for hydroxylation is 1. The first-order valence-electron chi connectivity index (χ1n) is 10.4. The summed E-state index contributed by atoms with van der Waals surface area (Å²) in [5.74, 6) is 0. The molecule has 3 aromatic rings. The molecule has 1 aliphatic carbocycles. The van der Waals surface area contributed by atoms with Gasteiger partial charge in [-0.3, -0.25) is 0 Å². The molecule has 0 saturated heterocycles. The number of halogens is 1. The van der Waals surface area contributed by atoms with Crippen LogP contribution in [-0.2, 0) is 13.1 Å². The average Bonchev–Trinajstić information content (AvgIpc) is 3.01. The molecule has 1 unspecified atom stereocenters. The van der Waals surface area contributed by atoms with Crippen molar-refractivity contribution in [3.05, 3.63) is 94.5 Å². The molecular weight excluding hydrogens is 378 g/mol. The van der Waals surface area contributed by atoms with Crippen LogP contribution in [-0.4, -0.2) is 15.6 Å². The monoisotopic (exact) mass is 405 g/mol. The topological polar surface area (TPSA) is 29.9 Å². The fourth-order valence-corrected chi connectivity index (χ4v) is 4.33. The van der Waals surface area contributed by atoms with E-state index in [1.54, 1.807) is 0 Å². The Balaban J connectivity index is 1.45. The Morgan fingerprint density at radius 3 is 2.90 bits per heavy atom. The molecular formula is C25H28ClN3. The number of nitrogens with zero attached hydrogens (tertiary/aromatic N) is 2. The highest BCUT2D eigenvalue weighted by molar-refractivity contribution is 6.30. The molecule has 150 valence electrons. The molecule has 1 N–H and O–H groups in total. The standard InChI is InChI=1S/C25H28ClN3/c1-19-7-2-5-12-25(19)21-9-3-4-11-23(14-21)28-16-24-15-27-18-29(24)17-20-8-6-10-22(26)13-20/h2,5-8,10,12-15,18,23,28H,3-4,9,11,16-17H2,1H3. The van der Waals surface area contributed by atoms with Crippen LogP contribution >= 0.6 is 11.6 Å². The van der Waals surface area contributed by atoms with E-state index in [2.05, 4.69) is 58.2 Å². The van der Waals surface area contributed by atoms with Gasteiger partial charge in [0.05, 0.1) is 12.0 Å². The highest BCUT2D eigenvalue weighted by atomic mass is 35.5. The Morgan fingerprint density at radius 2 is 2.03 bits per heavy atom. The summed E-state index contributed by atoms with van der Waals surface area (Å²) in [6.07, 6.45) is 11.2. The SMILES string of the molecule is Cc1ccccc1C1=CC(NCc2cncn2Cc2cccc(Cl)c2)CCCC1. The van der Waals surface area contributed by atoms with E-state index in [0.29, 0.717) is 6.04 Å². The number of aromatic nitrogens is 2. The lowest BCUT2D eigenvalue weighted by Crippen LogP contribution is -2.27. The molecule has 4 rings (SSSR count). The predicted octanol–water partition coefficient (Wildman–Crippen LogP) is 6.01. The lowest BCUT2D eigenvalue weighted by molar-refractivity contribution is 0.525. The molecule has 0 spiro atoms. The van der Waals surface area contributed by atoms with E-state index >= 15 is 0 Å². The first-order chi connectivity index (χ1) is 14.2. The Hall–Kier alpha value is -2.36. The third-order valence-corrected chi connectivity index (χ3v) is 5.93. The van der Waals surface area contributed by atoms with E-state index in [0.717, 1.165) is 24.5 Å². The number of hydrogen-bond acceptors (Lipinski definition) is 2. The van der Waals surface area contributed by atoms with Crippen LogP contribution in [0.2, 0.25) is 5.02 Å². The van der Waals surface area contributed by atoms with Crippen LogP contribution in [0.15, 0.2) is 67.1 Å². The van der Waals surface area contributed by atoms with Crippen molar-refractivity contribution in [2.75, 3.05) is 0 Å². The summed E-state index contributed by atoms with van der Waals surface area (Å²) in [4.78, 5) is 4.37. The van der Waals surface area contributed by atoms with Crippen molar-refractivity contribution in [1.82, 2.24) is 14.9 Å². The van der Waals surface area contributed by atoms with Gasteiger partial charge in [-0.15, -0.1) is 0 Å². The maximum Gasteiger partial charge on any atom is 0.0951 e. The minimum absolute atomic E-state index is 0.390. The first kappa shape index (κ1) is 19.9. The number of hydrogen-bond donors (Lipinski definition) is 1. The fourth-order valence-electron chi connectivity index (χ4n) is 4.11. The number of imidazole rings is 1. The second kappa shape index (κ2) is 9.43. The maximum absolute atomic E-state index is 6.13. The van der Waals surface area contributed by atoms with Crippen molar-refractivity contribution in [3.63, 3.8) is 0 Å². The Labute approximate surface area is 178 Å². The quantitative estimate of drug-likeness (QED) is 0.544. The van der Waals surface area contributed by atoms with Crippen LogP contribution in [0.1, 0.15) is 48.1 Å². The van der Waals surface area contributed by atoms with Gasteiger partial charge in [0.1, 0.15) is 0 Å². The minimum Gasteiger partial charge on any atom is -0.329 e. The van der Waals surface area contributed by atoms with Gasteiger partial charge in [-0.25, -0.2) is 4.98 Å². The number of nitrogens with one attached hydrogen (secondary N) is 1. The smallest absolute Gasteiger partial charge is 0.0951 e. The Bertz CT molecular complexity index is 989. The van der Waals surface area contributed by atoms with Crippen LogP contribution in [0, 0.1) is 6.92 Å². The lowest BCUT2D eigenvalue weighted by atomic mass is 9.97. The molecule has 0 aliphatic heterocycles. The van der Waals surface area contributed by atoms with E-state index in [-0.39, 0.29) is 0 Å². The van der Waals surface area contributed by atoms with Gasteiger partial charge in [0.15, 0.2) is 0 Å². The second-order valence-electron chi connectivity index (χ2n) is 7.88. The van der Waals surface area contributed by atoms with E-state index in [1.165, 1.54) is 47.2 Å². The Kier molecular flexibility index (Phi) is 6.48. The van der Waals surface area contributed by atoms with Gasteiger partial charge in [0.2, 0.25) is 0 Å². The summed E-state index contributed by atoms with van der Waals surface area (Å²) >= 11 is 6.13. The second-order valence-corrected chi connectivity index (χ2v) is 8.32. The zero-order valence-electron chi connectivity index (χ0n) is 16.9. The highest BCUT2D eigenvalue weighted by Gasteiger charge is 2.15. The van der Waals surface area contributed by atoms with Gasteiger partial charge >= 0.3 is 0 Å². The maximum atomic E-state index is 6.13. The molecule has 0 bridgehead atoms. The van der Waals surface area contributed by atoms with Crippen molar-refractivity contribution < 1.29 is 0 Å². The largest absolute Gasteiger partial charge is 0.329 e. The van der Waals surface area contributed by atoms with Crippen molar-refractivity contribution in [3.8, 4) is 0 Å². The highest BCUT2D eigenvalue weighted by Crippen LogP contribution is 2.28. The van der Waals surface area contributed by atoms with E-state index < -0.39 is 0 Å². The third kappa shape index (κ3) is 5.17. The van der Waals surface area contributed by atoms with Gasteiger partial charge in [-0.05, 0) is 60.6 Å². The summed E-state index contributed by atoms with van der Waals surface area (Å²) in [6, 6.07) is 17.1. The van der Waals surface area contributed by atoms with Gasteiger partial charge in [-0.1, -0.05) is 60.5 Å². The zero-order valence-corrected chi connectivity index (χ0v) is 17.7. The number of allylic oxidation sites excluding steroid dienone is 1. The summed E-state index contributed by atoms with van der Waals surface area (Å²) in [5.41, 5.74) is 6.62.